The molecular formula is C20H21N5OS2. The Morgan fingerprint density at radius 2 is 2.00 bits per heavy atom. The van der Waals surface area contributed by atoms with Gasteiger partial charge in [-0.25, -0.2) is 4.98 Å². The summed E-state index contributed by atoms with van der Waals surface area (Å²) in [5.41, 5.74) is 13.8. The zero-order valence-corrected chi connectivity index (χ0v) is 17.0. The normalized spacial score (nSPS) is 15.2. The molecule has 0 radical (unpaired) electrons. The van der Waals surface area contributed by atoms with E-state index in [4.69, 9.17) is 11.5 Å². The number of nitrogens with zero attached hydrogens (tertiary/aromatic N) is 2. The van der Waals surface area contributed by atoms with Gasteiger partial charge in [0.1, 0.15) is 27.2 Å². The summed E-state index contributed by atoms with van der Waals surface area (Å²) < 4.78 is 0. The molecule has 0 aromatic carbocycles. The van der Waals surface area contributed by atoms with Crippen LogP contribution in [0.4, 0.5) is 11.5 Å². The molecule has 3 aromatic rings. The van der Waals surface area contributed by atoms with Gasteiger partial charge in [0, 0.05) is 21.9 Å². The van der Waals surface area contributed by atoms with E-state index >= 15 is 0 Å². The molecule has 1 saturated carbocycles. The number of hydrogen-bond acceptors (Lipinski definition) is 7. The number of carbonyl (C=O) groups excluding carboxylic acids is 1. The summed E-state index contributed by atoms with van der Waals surface area (Å²) in [6.45, 7) is 0. The second-order valence-corrected chi connectivity index (χ2v) is 8.97. The molecule has 0 atom stereocenters. The maximum Gasteiger partial charge on any atom is 0.263 e. The number of nitrogens with one attached hydrogen (secondary N) is 1. The Balaban J connectivity index is 1.79. The lowest BCUT2D eigenvalue weighted by Gasteiger charge is -2.15. The number of nitrogen functional groups attached to an aromatic ring is 2. The molecule has 1 aliphatic rings. The molecule has 0 unspecified atom stereocenters. The summed E-state index contributed by atoms with van der Waals surface area (Å²) in [7, 11) is 0. The van der Waals surface area contributed by atoms with Crippen molar-refractivity contribution in [1.29, 1.82) is 5.26 Å². The molecule has 1 aliphatic carbocycles. The summed E-state index contributed by atoms with van der Waals surface area (Å²) in [5, 5.41) is 15.3. The molecule has 0 saturated heterocycles. The van der Waals surface area contributed by atoms with Crippen LogP contribution in [-0.2, 0) is 0 Å². The molecule has 1 amide bonds. The number of fused-ring (bicyclic) bond motifs is 1. The van der Waals surface area contributed by atoms with E-state index in [-0.39, 0.29) is 17.8 Å². The average molecular weight is 412 g/mol. The average Bonchev–Trinajstić information content (AvgIpc) is 3.23. The zero-order valence-electron chi connectivity index (χ0n) is 15.3. The third kappa shape index (κ3) is 3.32. The van der Waals surface area contributed by atoms with Crippen molar-refractivity contribution in [2.45, 2.75) is 44.6 Å². The first-order chi connectivity index (χ1) is 13.6. The Morgan fingerprint density at radius 1 is 1.25 bits per heavy atom. The van der Waals surface area contributed by atoms with Crippen molar-refractivity contribution in [2.24, 2.45) is 0 Å². The SMILES string of the molecule is N#Cc1c(N)nc2sc(C(=O)NC3CCCCCC3)c(N)c2c1-c1cccs1. The van der Waals surface area contributed by atoms with Gasteiger partial charge in [0.15, 0.2) is 0 Å². The highest BCUT2D eigenvalue weighted by Crippen LogP contribution is 2.43. The predicted molar refractivity (Wildman–Crippen MR) is 115 cm³/mol. The minimum Gasteiger partial charge on any atom is -0.397 e. The molecule has 0 bridgehead atoms. The summed E-state index contributed by atoms with van der Waals surface area (Å²) in [4.78, 5) is 19.2. The van der Waals surface area contributed by atoms with Gasteiger partial charge in [0.25, 0.3) is 5.91 Å². The minimum absolute atomic E-state index is 0.162. The molecule has 3 aromatic heterocycles. The van der Waals surface area contributed by atoms with Gasteiger partial charge in [-0.05, 0) is 24.3 Å². The summed E-state index contributed by atoms with van der Waals surface area (Å²) >= 11 is 2.74. The smallest absolute Gasteiger partial charge is 0.263 e. The lowest BCUT2D eigenvalue weighted by molar-refractivity contribution is 0.0938. The van der Waals surface area contributed by atoms with E-state index in [1.807, 2.05) is 17.5 Å². The van der Waals surface area contributed by atoms with E-state index < -0.39 is 0 Å². The molecule has 3 heterocycles. The number of carbonyl (C=O) groups is 1. The van der Waals surface area contributed by atoms with Gasteiger partial charge in [-0.3, -0.25) is 4.79 Å². The molecule has 0 spiro atoms. The van der Waals surface area contributed by atoms with Crippen molar-refractivity contribution in [3.8, 4) is 16.5 Å². The molecule has 0 aliphatic heterocycles. The molecule has 144 valence electrons. The number of amides is 1. The van der Waals surface area contributed by atoms with Crippen molar-refractivity contribution in [3.63, 3.8) is 0 Å². The van der Waals surface area contributed by atoms with Crippen molar-refractivity contribution in [3.05, 3.63) is 28.0 Å². The van der Waals surface area contributed by atoms with E-state index in [1.54, 1.807) is 0 Å². The lowest BCUT2D eigenvalue weighted by Crippen LogP contribution is -2.34. The molecule has 5 N–H and O–H groups in total. The predicted octanol–water partition coefficient (Wildman–Crippen LogP) is 4.51. The quantitative estimate of drug-likeness (QED) is 0.548. The highest BCUT2D eigenvalue weighted by Gasteiger charge is 2.25. The molecule has 6 nitrogen and oxygen atoms in total. The monoisotopic (exact) mass is 411 g/mol. The second kappa shape index (κ2) is 7.78. The van der Waals surface area contributed by atoms with Gasteiger partial charge in [0.2, 0.25) is 0 Å². The second-order valence-electron chi connectivity index (χ2n) is 7.02. The molecule has 4 rings (SSSR count). The largest absolute Gasteiger partial charge is 0.397 e. The maximum atomic E-state index is 13.0. The third-order valence-electron chi connectivity index (χ3n) is 5.18. The van der Waals surface area contributed by atoms with Crippen molar-refractivity contribution in [2.75, 3.05) is 11.5 Å². The van der Waals surface area contributed by atoms with Crippen LogP contribution in [0.15, 0.2) is 17.5 Å². The fraction of sp³-hybridized carbons (Fsp3) is 0.350. The molecule has 28 heavy (non-hydrogen) atoms. The van der Waals surface area contributed by atoms with Crippen LogP contribution >= 0.6 is 22.7 Å². The summed E-state index contributed by atoms with van der Waals surface area (Å²) in [6, 6.07) is 6.16. The van der Waals surface area contributed by atoms with Crippen molar-refractivity contribution >= 4 is 50.3 Å². The number of hydrogen-bond donors (Lipinski definition) is 3. The fourth-order valence-electron chi connectivity index (χ4n) is 3.79. The van der Waals surface area contributed by atoms with Crippen LogP contribution in [-0.4, -0.2) is 16.9 Å². The standard InChI is InChI=1S/C20H21N5OS2/c21-10-12-14(13-8-5-9-27-13)15-16(22)17(28-20(15)25-18(12)23)19(26)24-11-6-3-1-2-4-7-11/h5,8-9,11H,1-4,6-7,22H2,(H2,23,25)(H,24,26). The van der Waals surface area contributed by atoms with Crippen LogP contribution in [0.5, 0.6) is 0 Å². The molecule has 1 fully saturated rings. The van der Waals surface area contributed by atoms with Gasteiger partial charge >= 0.3 is 0 Å². The van der Waals surface area contributed by atoms with E-state index in [0.717, 1.165) is 30.6 Å². The van der Waals surface area contributed by atoms with Gasteiger partial charge < -0.3 is 16.8 Å². The first-order valence-electron chi connectivity index (χ1n) is 9.36. The van der Waals surface area contributed by atoms with Crippen LogP contribution in [0.1, 0.15) is 53.8 Å². The minimum atomic E-state index is -0.165. The number of thiophene rings is 2. The van der Waals surface area contributed by atoms with Crippen LogP contribution in [0.25, 0.3) is 20.7 Å². The first-order valence-corrected chi connectivity index (χ1v) is 11.1. The topological polar surface area (TPSA) is 118 Å². The first kappa shape index (κ1) is 18.7. The van der Waals surface area contributed by atoms with Gasteiger partial charge in [-0.15, -0.1) is 22.7 Å². The number of pyridine rings is 1. The lowest BCUT2D eigenvalue weighted by atomic mass is 10.0. The van der Waals surface area contributed by atoms with Crippen LogP contribution in [0, 0.1) is 11.3 Å². The highest BCUT2D eigenvalue weighted by atomic mass is 32.1. The zero-order chi connectivity index (χ0) is 19.7. The van der Waals surface area contributed by atoms with Gasteiger partial charge in [0.05, 0.1) is 5.69 Å². The van der Waals surface area contributed by atoms with E-state index in [1.165, 1.54) is 35.5 Å². The van der Waals surface area contributed by atoms with Crippen LogP contribution < -0.4 is 16.8 Å². The summed E-state index contributed by atoms with van der Waals surface area (Å²) in [6.07, 6.45) is 6.73. The maximum absolute atomic E-state index is 13.0. The Hall–Kier alpha value is -2.63. The van der Waals surface area contributed by atoms with Gasteiger partial charge in [-0.1, -0.05) is 31.7 Å². The fourth-order valence-corrected chi connectivity index (χ4v) is 5.59. The third-order valence-corrected chi connectivity index (χ3v) is 7.17. The summed E-state index contributed by atoms with van der Waals surface area (Å²) in [5.74, 6) is -0.00279. The van der Waals surface area contributed by atoms with E-state index in [2.05, 4.69) is 16.4 Å². The number of aromatic nitrogens is 1. The Bertz CT molecular complexity index is 1060. The Morgan fingerprint density at radius 3 is 2.64 bits per heavy atom. The Kier molecular flexibility index (Phi) is 5.20. The highest BCUT2D eigenvalue weighted by molar-refractivity contribution is 7.21. The molecular weight excluding hydrogens is 390 g/mol. The number of anilines is 2. The van der Waals surface area contributed by atoms with Gasteiger partial charge in [-0.2, -0.15) is 5.26 Å². The van der Waals surface area contributed by atoms with Crippen molar-refractivity contribution in [1.82, 2.24) is 10.3 Å². The van der Waals surface area contributed by atoms with E-state index in [0.29, 0.717) is 31.9 Å². The molecule has 8 heteroatoms. The number of nitrogens with two attached hydrogens (primary N) is 2. The van der Waals surface area contributed by atoms with Crippen LogP contribution in [0.2, 0.25) is 0 Å². The van der Waals surface area contributed by atoms with Crippen molar-refractivity contribution < 1.29 is 4.79 Å². The number of nitriles is 1. The Labute approximate surface area is 171 Å². The van der Waals surface area contributed by atoms with Crippen LogP contribution in [0.3, 0.4) is 0 Å². The number of rotatable bonds is 3. The van der Waals surface area contributed by atoms with E-state index in [9.17, 15) is 10.1 Å².